The first-order valence-corrected chi connectivity index (χ1v) is 15.4. The molecule has 0 saturated heterocycles. The van der Waals surface area contributed by atoms with Crippen LogP contribution in [0, 0.1) is 0 Å². The van der Waals surface area contributed by atoms with Gasteiger partial charge in [-0.1, -0.05) is 21.6 Å². The molecule has 0 heterocycles. The number of esters is 2. The van der Waals surface area contributed by atoms with Crippen LogP contribution in [0.15, 0.2) is 0 Å². The van der Waals surface area contributed by atoms with E-state index in [0.29, 0.717) is 66.1 Å². The van der Waals surface area contributed by atoms with Crippen molar-refractivity contribution in [3.63, 3.8) is 0 Å². The molecule has 0 aromatic heterocycles. The summed E-state index contributed by atoms with van der Waals surface area (Å²) in [5.74, 6) is -1.48. The standard InChI is InChI=1S/C24H42O14S2/c25-21(26)1-3-23(29)37-15-13-33-7-5-31-9-11-35-17-19-39-40-20-18-36-12-10-32-6-8-34-14-16-38-24(30)4-2-22(27)28/h1-20H2,(H,25,26)(H,27,28). The van der Waals surface area contributed by atoms with Crippen LogP contribution in [-0.2, 0) is 57.1 Å². The van der Waals surface area contributed by atoms with Gasteiger partial charge in [0.05, 0.1) is 105 Å². The van der Waals surface area contributed by atoms with Gasteiger partial charge in [-0.3, -0.25) is 19.2 Å². The Labute approximate surface area is 242 Å². The average Bonchev–Trinajstić information content (AvgIpc) is 2.92. The van der Waals surface area contributed by atoms with Gasteiger partial charge in [0.1, 0.15) is 13.2 Å². The highest BCUT2D eigenvalue weighted by Gasteiger charge is 2.07. The number of carbonyl (C=O) groups excluding carboxylic acids is 2. The molecule has 0 aromatic rings. The van der Waals surface area contributed by atoms with Crippen LogP contribution in [0.1, 0.15) is 25.7 Å². The monoisotopic (exact) mass is 618 g/mol. The zero-order valence-corrected chi connectivity index (χ0v) is 24.4. The first kappa shape index (κ1) is 38.3. The number of carbonyl (C=O) groups is 4. The third kappa shape index (κ3) is 32.6. The molecular weight excluding hydrogens is 576 g/mol. The minimum absolute atomic E-state index is 0.0825. The van der Waals surface area contributed by atoms with Crippen LogP contribution >= 0.6 is 21.6 Å². The fraction of sp³-hybridized carbons (Fsp3) is 0.833. The van der Waals surface area contributed by atoms with E-state index in [1.54, 1.807) is 21.6 Å². The number of carboxylic acid groups (broad SMARTS) is 2. The van der Waals surface area contributed by atoms with Crippen LogP contribution in [0.25, 0.3) is 0 Å². The quantitative estimate of drug-likeness (QED) is 0.0643. The maximum absolute atomic E-state index is 11.2. The molecule has 0 unspecified atom stereocenters. The second-order valence-corrected chi connectivity index (χ2v) is 10.2. The molecule has 0 aliphatic carbocycles. The Bertz CT molecular complexity index is 599. The first-order valence-electron chi connectivity index (χ1n) is 12.9. The van der Waals surface area contributed by atoms with Crippen molar-refractivity contribution in [2.75, 3.05) is 104 Å². The Balaban J connectivity index is 3.14. The van der Waals surface area contributed by atoms with Gasteiger partial charge in [-0.25, -0.2) is 0 Å². The van der Waals surface area contributed by atoms with Crippen molar-refractivity contribution in [2.24, 2.45) is 0 Å². The van der Waals surface area contributed by atoms with Crippen molar-refractivity contribution in [2.45, 2.75) is 25.7 Å². The van der Waals surface area contributed by atoms with Crippen molar-refractivity contribution in [3.8, 4) is 0 Å². The van der Waals surface area contributed by atoms with Crippen LogP contribution in [-0.4, -0.2) is 138 Å². The summed E-state index contributed by atoms with van der Waals surface area (Å²) in [5, 5.41) is 16.9. The molecule has 40 heavy (non-hydrogen) atoms. The summed E-state index contributed by atoms with van der Waals surface area (Å²) >= 11 is 0. The van der Waals surface area contributed by atoms with Crippen LogP contribution in [0.3, 0.4) is 0 Å². The molecule has 0 radical (unpaired) electrons. The lowest BCUT2D eigenvalue weighted by Gasteiger charge is -2.08. The van der Waals surface area contributed by atoms with Gasteiger partial charge in [0, 0.05) is 11.5 Å². The second-order valence-electron chi connectivity index (χ2n) is 7.55. The molecule has 234 valence electrons. The van der Waals surface area contributed by atoms with Crippen molar-refractivity contribution in [3.05, 3.63) is 0 Å². The third-order valence-corrected chi connectivity index (χ3v) is 6.59. The van der Waals surface area contributed by atoms with Gasteiger partial charge in [-0.05, 0) is 0 Å². The van der Waals surface area contributed by atoms with Gasteiger partial charge in [0.2, 0.25) is 0 Å². The number of rotatable bonds is 31. The van der Waals surface area contributed by atoms with E-state index in [4.69, 9.17) is 48.1 Å². The van der Waals surface area contributed by atoms with E-state index in [1.165, 1.54) is 0 Å². The molecule has 0 bridgehead atoms. The van der Waals surface area contributed by atoms with Crippen molar-refractivity contribution < 1.29 is 67.3 Å². The molecule has 0 saturated carbocycles. The van der Waals surface area contributed by atoms with Gasteiger partial charge in [-0.2, -0.15) is 0 Å². The Morgan fingerprint density at radius 1 is 0.400 bits per heavy atom. The lowest BCUT2D eigenvalue weighted by atomic mass is 10.3. The highest BCUT2D eigenvalue weighted by molar-refractivity contribution is 8.76. The number of hydrogen-bond acceptors (Lipinski definition) is 14. The molecule has 0 aromatic carbocycles. The average molecular weight is 619 g/mol. The molecule has 14 nitrogen and oxygen atoms in total. The van der Waals surface area contributed by atoms with Crippen molar-refractivity contribution in [1.29, 1.82) is 0 Å². The lowest BCUT2D eigenvalue weighted by molar-refractivity contribution is -0.149. The van der Waals surface area contributed by atoms with E-state index < -0.39 is 23.9 Å². The summed E-state index contributed by atoms with van der Waals surface area (Å²) in [5.41, 5.74) is 0. The van der Waals surface area contributed by atoms with E-state index in [9.17, 15) is 19.2 Å². The third-order valence-electron chi connectivity index (χ3n) is 4.26. The SMILES string of the molecule is O=C(O)CCC(=O)OCCOCCOCCOCCSSCCOCCOCCOCCOC(=O)CCC(=O)O. The fourth-order valence-corrected chi connectivity index (χ4v) is 4.10. The van der Waals surface area contributed by atoms with Gasteiger partial charge in [0.25, 0.3) is 0 Å². The summed E-state index contributed by atoms with van der Waals surface area (Å²) in [6.07, 6.45) is -0.781. The molecule has 16 heteroatoms. The maximum atomic E-state index is 11.2. The van der Waals surface area contributed by atoms with Crippen LogP contribution in [0.4, 0.5) is 0 Å². The zero-order chi connectivity index (χ0) is 29.5. The lowest BCUT2D eigenvalue weighted by Crippen LogP contribution is -2.14. The molecular formula is C24H42O14S2. The van der Waals surface area contributed by atoms with Crippen LogP contribution in [0.5, 0.6) is 0 Å². The molecule has 0 aliphatic rings. The topological polar surface area (TPSA) is 183 Å². The Hall–Kier alpha value is -1.66. The number of aliphatic carboxylic acids is 2. The normalized spacial score (nSPS) is 10.9. The van der Waals surface area contributed by atoms with Gasteiger partial charge < -0.3 is 48.1 Å². The smallest absolute Gasteiger partial charge is 0.306 e. The minimum atomic E-state index is -1.04. The van der Waals surface area contributed by atoms with Crippen molar-refractivity contribution >= 4 is 45.5 Å². The first-order chi connectivity index (χ1) is 19.4. The molecule has 0 fully saturated rings. The van der Waals surface area contributed by atoms with Gasteiger partial charge >= 0.3 is 23.9 Å². The number of hydrogen-bond donors (Lipinski definition) is 2. The number of carboxylic acids is 2. The largest absolute Gasteiger partial charge is 0.481 e. The minimum Gasteiger partial charge on any atom is -0.481 e. The van der Waals surface area contributed by atoms with Crippen LogP contribution < -0.4 is 0 Å². The predicted molar refractivity (Wildman–Crippen MR) is 145 cm³/mol. The summed E-state index contributed by atoms with van der Waals surface area (Å²) in [4.78, 5) is 43.1. The van der Waals surface area contributed by atoms with Crippen molar-refractivity contribution in [1.82, 2.24) is 0 Å². The van der Waals surface area contributed by atoms with E-state index in [1.807, 2.05) is 0 Å². The predicted octanol–water partition coefficient (Wildman–Crippen LogP) is 1.28. The van der Waals surface area contributed by atoms with Gasteiger partial charge in [0.15, 0.2) is 0 Å². The fourth-order valence-electron chi connectivity index (χ4n) is 2.38. The Morgan fingerprint density at radius 3 is 0.975 bits per heavy atom. The molecule has 0 aliphatic heterocycles. The van der Waals surface area contributed by atoms with Crippen LogP contribution in [0.2, 0.25) is 0 Å². The van der Waals surface area contributed by atoms with Gasteiger partial charge in [-0.15, -0.1) is 0 Å². The summed E-state index contributed by atoms with van der Waals surface area (Å²) in [6, 6.07) is 0. The van der Waals surface area contributed by atoms with E-state index in [-0.39, 0.29) is 52.1 Å². The summed E-state index contributed by atoms with van der Waals surface area (Å²) in [7, 11) is 3.41. The highest BCUT2D eigenvalue weighted by atomic mass is 33.1. The summed E-state index contributed by atoms with van der Waals surface area (Å²) in [6.45, 7) is 5.28. The number of ether oxygens (including phenoxy) is 8. The Kier molecular flexibility index (Phi) is 29.0. The zero-order valence-electron chi connectivity index (χ0n) is 22.8. The molecule has 2 N–H and O–H groups in total. The van der Waals surface area contributed by atoms with E-state index in [2.05, 4.69) is 0 Å². The maximum Gasteiger partial charge on any atom is 0.306 e. The molecule has 0 spiro atoms. The molecule has 0 rings (SSSR count). The summed E-state index contributed by atoms with van der Waals surface area (Å²) < 4.78 is 41.9. The Morgan fingerprint density at radius 2 is 0.675 bits per heavy atom. The molecule has 0 amide bonds. The second kappa shape index (κ2) is 30.3. The van der Waals surface area contributed by atoms with E-state index >= 15 is 0 Å². The molecule has 0 atom stereocenters. The highest BCUT2D eigenvalue weighted by Crippen LogP contribution is 2.20. The van der Waals surface area contributed by atoms with E-state index in [0.717, 1.165) is 11.5 Å².